The van der Waals surface area contributed by atoms with E-state index in [0.29, 0.717) is 17.8 Å². The lowest BCUT2D eigenvalue weighted by molar-refractivity contribution is -0.138. The molecular weight excluding hydrogens is 491 g/mol. The fourth-order valence-electron chi connectivity index (χ4n) is 4.80. The normalized spacial score (nSPS) is 16.3. The van der Waals surface area contributed by atoms with Crippen LogP contribution >= 0.6 is 11.3 Å². The van der Waals surface area contributed by atoms with Gasteiger partial charge in [-0.15, -0.1) is 11.3 Å². The lowest BCUT2D eigenvalue weighted by atomic mass is 9.96. The molecule has 0 saturated carbocycles. The molecule has 5 rings (SSSR count). The number of H-pyrrole nitrogens is 1. The zero-order chi connectivity index (χ0) is 25.6. The number of methoxy groups -OCH3 is 1. The third-order valence-corrected chi connectivity index (χ3v) is 7.85. The summed E-state index contributed by atoms with van der Waals surface area (Å²) in [4.78, 5) is 12.1. The van der Waals surface area contributed by atoms with E-state index >= 15 is 0 Å². The first kappa shape index (κ1) is 24.7. The first-order valence-corrected chi connectivity index (χ1v) is 12.7. The number of halogens is 3. The summed E-state index contributed by atoms with van der Waals surface area (Å²) in [6.45, 7) is 4.24. The summed E-state index contributed by atoms with van der Waals surface area (Å²) in [5.74, 6) is 0.773. The van der Waals surface area contributed by atoms with E-state index in [4.69, 9.17) is 9.72 Å². The maximum absolute atomic E-state index is 12.7. The van der Waals surface area contributed by atoms with Crippen molar-refractivity contribution in [3.05, 3.63) is 34.7 Å². The van der Waals surface area contributed by atoms with E-state index in [0.717, 1.165) is 50.9 Å². The number of alkyl halides is 3. The van der Waals surface area contributed by atoms with Crippen LogP contribution in [0.1, 0.15) is 48.7 Å². The Hall–Kier alpha value is -2.99. The molecule has 1 aliphatic rings. The molecule has 0 radical (unpaired) electrons. The average Bonchev–Trinajstić information content (AvgIpc) is 3.57. The van der Waals surface area contributed by atoms with Crippen molar-refractivity contribution in [1.29, 1.82) is 0 Å². The van der Waals surface area contributed by atoms with E-state index in [-0.39, 0.29) is 18.5 Å². The average molecular weight is 520 g/mol. The van der Waals surface area contributed by atoms with Crippen molar-refractivity contribution in [2.45, 2.75) is 57.7 Å². The van der Waals surface area contributed by atoms with E-state index in [1.165, 1.54) is 6.33 Å². The van der Waals surface area contributed by atoms with Crippen LogP contribution in [0.2, 0.25) is 0 Å². The number of nitrogens with zero attached hydrogens (tertiary/aromatic N) is 6. The fraction of sp³-hybridized carbons (Fsp3) is 0.500. The Morgan fingerprint density at radius 2 is 2.14 bits per heavy atom. The van der Waals surface area contributed by atoms with Gasteiger partial charge in [0.1, 0.15) is 17.0 Å². The molecule has 1 aliphatic carbocycles. The van der Waals surface area contributed by atoms with Gasteiger partial charge in [-0.05, 0) is 38.3 Å². The summed E-state index contributed by atoms with van der Waals surface area (Å²) < 4.78 is 45.3. The van der Waals surface area contributed by atoms with Crippen LogP contribution in [0.5, 0.6) is 5.75 Å². The van der Waals surface area contributed by atoms with Crippen molar-refractivity contribution in [2.75, 3.05) is 20.7 Å². The minimum Gasteiger partial charge on any atom is -0.493 e. The Labute approximate surface area is 210 Å². The van der Waals surface area contributed by atoms with E-state index in [1.54, 1.807) is 30.0 Å². The first-order chi connectivity index (χ1) is 17.1. The highest BCUT2D eigenvalue weighted by Crippen LogP contribution is 2.40. The number of likely N-dealkylation sites (N-methyl/N-ethyl adjacent to an activating group) is 1. The summed E-state index contributed by atoms with van der Waals surface area (Å²) in [7, 11) is 3.38. The van der Waals surface area contributed by atoms with Crippen LogP contribution in [0.25, 0.3) is 27.6 Å². The zero-order valence-electron chi connectivity index (χ0n) is 20.6. The SMILES string of the molecule is COc1cc(-c2[nH]nc(-c3nc4c(s3)CC(N(C)CCC(F)(F)F)CC4)c2C(C)C)cn2ncnc12. The number of thiazole rings is 1. The van der Waals surface area contributed by atoms with Gasteiger partial charge in [0, 0.05) is 34.8 Å². The number of pyridine rings is 1. The lowest BCUT2D eigenvalue weighted by Crippen LogP contribution is -2.38. The first-order valence-electron chi connectivity index (χ1n) is 11.9. The van der Waals surface area contributed by atoms with Crippen molar-refractivity contribution in [3.8, 4) is 27.7 Å². The molecule has 0 spiro atoms. The molecule has 192 valence electrons. The van der Waals surface area contributed by atoms with Gasteiger partial charge in [-0.2, -0.15) is 23.4 Å². The molecule has 1 unspecified atom stereocenters. The fourth-order valence-corrected chi connectivity index (χ4v) is 5.98. The number of nitrogens with one attached hydrogen (secondary N) is 1. The van der Waals surface area contributed by atoms with Crippen LogP contribution in [0.4, 0.5) is 13.2 Å². The molecule has 4 aromatic rings. The number of aromatic amines is 1. The third kappa shape index (κ3) is 4.71. The van der Waals surface area contributed by atoms with Crippen molar-refractivity contribution < 1.29 is 17.9 Å². The van der Waals surface area contributed by atoms with Crippen LogP contribution in [-0.2, 0) is 12.8 Å². The van der Waals surface area contributed by atoms with E-state index < -0.39 is 12.6 Å². The monoisotopic (exact) mass is 519 g/mol. The molecule has 0 aromatic carbocycles. The Morgan fingerprint density at radius 1 is 1.33 bits per heavy atom. The summed E-state index contributed by atoms with van der Waals surface area (Å²) in [6, 6.07) is 2.00. The van der Waals surface area contributed by atoms with Crippen molar-refractivity contribution in [2.24, 2.45) is 0 Å². The topological polar surface area (TPSA) is 84.2 Å². The Kier molecular flexibility index (Phi) is 6.50. The highest BCUT2D eigenvalue weighted by Gasteiger charge is 2.31. The minimum absolute atomic E-state index is 0.00889. The van der Waals surface area contributed by atoms with Gasteiger partial charge in [-0.3, -0.25) is 5.10 Å². The maximum atomic E-state index is 12.7. The Balaban J connectivity index is 1.45. The van der Waals surface area contributed by atoms with Crippen LogP contribution in [0.15, 0.2) is 18.6 Å². The number of hydrogen-bond acceptors (Lipinski definition) is 7. The Morgan fingerprint density at radius 3 is 2.86 bits per heavy atom. The second-order valence-corrected chi connectivity index (χ2v) is 10.6. The summed E-state index contributed by atoms with van der Waals surface area (Å²) in [5, 5.41) is 13.0. The van der Waals surface area contributed by atoms with Crippen molar-refractivity contribution in [1.82, 2.24) is 34.7 Å². The van der Waals surface area contributed by atoms with Crippen molar-refractivity contribution in [3.63, 3.8) is 0 Å². The highest BCUT2D eigenvalue weighted by molar-refractivity contribution is 7.15. The van der Waals surface area contributed by atoms with Crippen molar-refractivity contribution >= 4 is 17.0 Å². The number of hydrogen-bond donors (Lipinski definition) is 1. The molecule has 1 atom stereocenters. The van der Waals surface area contributed by atoms with Gasteiger partial charge in [-0.1, -0.05) is 13.8 Å². The van der Waals surface area contributed by atoms with Gasteiger partial charge >= 0.3 is 6.18 Å². The molecular formula is C24H28F3N7OS. The summed E-state index contributed by atoms with van der Waals surface area (Å²) >= 11 is 1.59. The van der Waals surface area contributed by atoms with Gasteiger partial charge in [0.15, 0.2) is 11.4 Å². The molecule has 0 aliphatic heterocycles. The Bertz CT molecular complexity index is 1370. The number of fused-ring (bicyclic) bond motifs is 2. The second-order valence-electron chi connectivity index (χ2n) is 9.47. The number of aryl methyl sites for hydroxylation is 1. The maximum Gasteiger partial charge on any atom is 0.390 e. The molecule has 12 heteroatoms. The highest BCUT2D eigenvalue weighted by atomic mass is 32.1. The standard InChI is InChI=1S/C24H28F3N7OS/c1-13(2)19-20(14-9-17(35-4)22-28-12-29-34(22)11-14)31-32-21(19)23-30-16-6-5-15(10-18(16)36-23)33(3)8-7-24(25,26)27/h9,11-13,15H,5-8,10H2,1-4H3,(H,31,32). The van der Waals surface area contributed by atoms with Crippen LogP contribution in [-0.4, -0.2) is 67.6 Å². The van der Waals surface area contributed by atoms with Crippen LogP contribution in [0, 0.1) is 0 Å². The van der Waals surface area contributed by atoms with Gasteiger partial charge in [0.25, 0.3) is 0 Å². The second kappa shape index (κ2) is 9.47. The molecule has 1 N–H and O–H groups in total. The number of ether oxygens (including phenoxy) is 1. The molecule has 0 saturated heterocycles. The summed E-state index contributed by atoms with van der Waals surface area (Å²) in [6.07, 6.45) is 0.695. The van der Waals surface area contributed by atoms with E-state index in [1.807, 2.05) is 17.2 Å². The predicted octanol–water partition coefficient (Wildman–Crippen LogP) is 5.12. The largest absolute Gasteiger partial charge is 0.493 e. The molecule has 0 bridgehead atoms. The minimum atomic E-state index is -4.14. The predicted molar refractivity (Wildman–Crippen MR) is 131 cm³/mol. The van der Waals surface area contributed by atoms with Crippen LogP contribution < -0.4 is 4.74 Å². The molecule has 4 heterocycles. The van der Waals surface area contributed by atoms with Gasteiger partial charge < -0.3 is 9.64 Å². The van der Waals surface area contributed by atoms with Gasteiger partial charge in [0.05, 0.1) is 24.9 Å². The van der Waals surface area contributed by atoms with E-state index in [9.17, 15) is 13.2 Å². The number of aromatic nitrogens is 6. The lowest BCUT2D eigenvalue weighted by Gasteiger charge is -2.30. The quantitative estimate of drug-likeness (QED) is 0.365. The molecule has 4 aromatic heterocycles. The van der Waals surface area contributed by atoms with Gasteiger partial charge in [-0.25, -0.2) is 14.5 Å². The molecule has 36 heavy (non-hydrogen) atoms. The zero-order valence-corrected chi connectivity index (χ0v) is 21.4. The van der Waals surface area contributed by atoms with Gasteiger partial charge in [0.2, 0.25) is 0 Å². The third-order valence-electron chi connectivity index (χ3n) is 6.72. The van der Waals surface area contributed by atoms with Crippen LogP contribution in [0.3, 0.4) is 0 Å². The number of rotatable bonds is 7. The molecule has 8 nitrogen and oxygen atoms in total. The summed E-state index contributed by atoms with van der Waals surface area (Å²) in [5.41, 5.74) is 5.25. The molecule has 0 amide bonds. The van der Waals surface area contributed by atoms with E-state index in [2.05, 4.69) is 34.1 Å². The smallest absolute Gasteiger partial charge is 0.390 e. The molecule has 0 fully saturated rings.